The number of hydrogen-bond donors (Lipinski definition) is 1. The first kappa shape index (κ1) is 9.48. The SMILES string of the molecule is C=CCC(N)c1c(Br)cnn1C. The van der Waals surface area contributed by atoms with Crippen LogP contribution in [0.3, 0.4) is 0 Å². The van der Waals surface area contributed by atoms with Crippen molar-refractivity contribution in [3.05, 3.63) is 29.0 Å². The maximum atomic E-state index is 5.89. The Morgan fingerprint density at radius 1 is 1.92 bits per heavy atom. The van der Waals surface area contributed by atoms with E-state index < -0.39 is 0 Å². The molecule has 4 heteroatoms. The number of aryl methyl sites for hydroxylation is 1. The van der Waals surface area contributed by atoms with Crippen LogP contribution in [0, 0.1) is 0 Å². The lowest BCUT2D eigenvalue weighted by molar-refractivity contribution is 0.623. The summed E-state index contributed by atoms with van der Waals surface area (Å²) < 4.78 is 2.73. The average Bonchev–Trinajstić information content (AvgIpc) is 2.32. The predicted molar refractivity (Wildman–Crippen MR) is 52.7 cm³/mol. The highest BCUT2D eigenvalue weighted by Crippen LogP contribution is 2.22. The largest absolute Gasteiger partial charge is 0.322 e. The summed E-state index contributed by atoms with van der Waals surface area (Å²) in [6.07, 6.45) is 4.32. The van der Waals surface area contributed by atoms with Crippen molar-refractivity contribution in [1.29, 1.82) is 0 Å². The van der Waals surface area contributed by atoms with Gasteiger partial charge in [-0.15, -0.1) is 6.58 Å². The van der Waals surface area contributed by atoms with E-state index in [4.69, 9.17) is 5.73 Å². The van der Waals surface area contributed by atoms with Crippen LogP contribution in [0.2, 0.25) is 0 Å². The van der Waals surface area contributed by atoms with Crippen molar-refractivity contribution in [2.75, 3.05) is 0 Å². The first-order valence-corrected chi connectivity index (χ1v) is 4.50. The zero-order valence-electron chi connectivity index (χ0n) is 7.00. The third-order valence-electron chi connectivity index (χ3n) is 1.71. The van der Waals surface area contributed by atoms with E-state index in [9.17, 15) is 0 Å². The minimum absolute atomic E-state index is 0.0237. The van der Waals surface area contributed by atoms with Crippen molar-refractivity contribution in [2.45, 2.75) is 12.5 Å². The Balaban J connectivity index is 2.92. The Kier molecular flexibility index (Phi) is 3.05. The monoisotopic (exact) mass is 229 g/mol. The van der Waals surface area contributed by atoms with Gasteiger partial charge in [0, 0.05) is 7.05 Å². The van der Waals surface area contributed by atoms with Gasteiger partial charge in [-0.1, -0.05) is 6.08 Å². The summed E-state index contributed by atoms with van der Waals surface area (Å²) in [5, 5.41) is 4.07. The van der Waals surface area contributed by atoms with Crippen molar-refractivity contribution < 1.29 is 0 Å². The molecule has 0 aliphatic rings. The van der Waals surface area contributed by atoms with Crippen LogP contribution < -0.4 is 5.73 Å². The third kappa shape index (κ3) is 1.76. The summed E-state index contributed by atoms with van der Waals surface area (Å²) in [5.41, 5.74) is 6.90. The molecular weight excluding hydrogens is 218 g/mol. The van der Waals surface area contributed by atoms with E-state index in [1.54, 1.807) is 10.9 Å². The second-order valence-corrected chi connectivity index (χ2v) is 3.49. The summed E-state index contributed by atoms with van der Waals surface area (Å²) in [6, 6.07) is -0.0237. The number of aromatic nitrogens is 2. The van der Waals surface area contributed by atoms with Gasteiger partial charge in [0.15, 0.2) is 0 Å². The molecule has 1 aromatic rings. The standard InChI is InChI=1S/C8H12BrN3/c1-3-4-7(10)8-6(9)5-11-12(8)2/h3,5,7H,1,4,10H2,2H3. The second kappa shape index (κ2) is 3.87. The van der Waals surface area contributed by atoms with E-state index in [1.165, 1.54) is 0 Å². The molecule has 2 N–H and O–H groups in total. The van der Waals surface area contributed by atoms with E-state index in [0.717, 1.165) is 16.6 Å². The Bertz CT molecular complexity index is 260. The molecule has 0 radical (unpaired) electrons. The molecule has 0 saturated carbocycles. The lowest BCUT2D eigenvalue weighted by atomic mass is 10.1. The van der Waals surface area contributed by atoms with E-state index in [1.807, 2.05) is 13.1 Å². The van der Waals surface area contributed by atoms with Crippen molar-refractivity contribution in [2.24, 2.45) is 12.8 Å². The molecule has 0 spiro atoms. The molecular formula is C8H12BrN3. The fourth-order valence-electron chi connectivity index (χ4n) is 1.13. The molecule has 1 heterocycles. The van der Waals surface area contributed by atoms with Gasteiger partial charge in [-0.05, 0) is 22.4 Å². The zero-order valence-corrected chi connectivity index (χ0v) is 8.58. The van der Waals surface area contributed by atoms with E-state index in [2.05, 4.69) is 27.6 Å². The second-order valence-electron chi connectivity index (χ2n) is 2.63. The van der Waals surface area contributed by atoms with Gasteiger partial charge >= 0.3 is 0 Å². The highest BCUT2D eigenvalue weighted by Gasteiger charge is 2.12. The first-order chi connectivity index (χ1) is 5.66. The molecule has 0 amide bonds. The van der Waals surface area contributed by atoms with Gasteiger partial charge < -0.3 is 5.73 Å². The highest BCUT2D eigenvalue weighted by molar-refractivity contribution is 9.10. The Morgan fingerprint density at radius 2 is 2.58 bits per heavy atom. The maximum Gasteiger partial charge on any atom is 0.0693 e. The van der Waals surface area contributed by atoms with Crippen molar-refractivity contribution in [1.82, 2.24) is 9.78 Å². The molecule has 3 nitrogen and oxygen atoms in total. The van der Waals surface area contributed by atoms with Crippen LogP contribution in [0.15, 0.2) is 23.3 Å². The molecule has 0 aromatic carbocycles. The number of nitrogens with zero attached hydrogens (tertiary/aromatic N) is 2. The van der Waals surface area contributed by atoms with Gasteiger partial charge in [0.05, 0.1) is 22.4 Å². The van der Waals surface area contributed by atoms with E-state index >= 15 is 0 Å². The Morgan fingerprint density at radius 3 is 3.00 bits per heavy atom. The fourth-order valence-corrected chi connectivity index (χ4v) is 1.77. The van der Waals surface area contributed by atoms with Crippen molar-refractivity contribution >= 4 is 15.9 Å². The molecule has 1 aromatic heterocycles. The lowest BCUT2D eigenvalue weighted by Gasteiger charge is -2.09. The van der Waals surface area contributed by atoms with Gasteiger partial charge in [-0.2, -0.15) is 5.10 Å². The molecule has 66 valence electrons. The molecule has 1 rings (SSSR count). The van der Waals surface area contributed by atoms with Crippen LogP contribution in [0.1, 0.15) is 18.2 Å². The molecule has 0 bridgehead atoms. The first-order valence-electron chi connectivity index (χ1n) is 3.70. The van der Waals surface area contributed by atoms with Crippen LogP contribution in [0.5, 0.6) is 0 Å². The highest BCUT2D eigenvalue weighted by atomic mass is 79.9. The van der Waals surface area contributed by atoms with Gasteiger partial charge in [-0.25, -0.2) is 0 Å². The van der Waals surface area contributed by atoms with E-state index in [-0.39, 0.29) is 6.04 Å². The number of nitrogens with two attached hydrogens (primary N) is 1. The molecule has 0 aliphatic heterocycles. The Hall–Kier alpha value is -0.610. The van der Waals surface area contributed by atoms with Crippen LogP contribution in [-0.4, -0.2) is 9.78 Å². The van der Waals surface area contributed by atoms with Crippen LogP contribution in [-0.2, 0) is 7.05 Å². The quantitative estimate of drug-likeness (QED) is 0.804. The zero-order chi connectivity index (χ0) is 9.14. The molecule has 12 heavy (non-hydrogen) atoms. The summed E-state index contributed by atoms with van der Waals surface area (Å²) in [7, 11) is 1.88. The van der Waals surface area contributed by atoms with Crippen molar-refractivity contribution in [3.8, 4) is 0 Å². The van der Waals surface area contributed by atoms with Gasteiger partial charge in [0.1, 0.15) is 0 Å². The summed E-state index contributed by atoms with van der Waals surface area (Å²) in [4.78, 5) is 0. The maximum absolute atomic E-state index is 5.89. The third-order valence-corrected chi connectivity index (χ3v) is 2.32. The van der Waals surface area contributed by atoms with Crippen LogP contribution in [0.4, 0.5) is 0 Å². The fraction of sp³-hybridized carbons (Fsp3) is 0.375. The smallest absolute Gasteiger partial charge is 0.0693 e. The summed E-state index contributed by atoms with van der Waals surface area (Å²) in [6.45, 7) is 3.64. The molecule has 1 atom stereocenters. The minimum Gasteiger partial charge on any atom is -0.322 e. The molecule has 0 aliphatic carbocycles. The normalized spacial score (nSPS) is 12.9. The van der Waals surface area contributed by atoms with Crippen molar-refractivity contribution in [3.63, 3.8) is 0 Å². The minimum atomic E-state index is -0.0237. The number of rotatable bonds is 3. The summed E-state index contributed by atoms with van der Waals surface area (Å²) >= 11 is 3.39. The number of halogens is 1. The van der Waals surface area contributed by atoms with Gasteiger partial charge in [0.25, 0.3) is 0 Å². The van der Waals surface area contributed by atoms with Crippen LogP contribution in [0.25, 0.3) is 0 Å². The summed E-state index contributed by atoms with van der Waals surface area (Å²) in [5.74, 6) is 0. The molecule has 0 saturated heterocycles. The Labute approximate surface area is 80.4 Å². The molecule has 1 unspecified atom stereocenters. The van der Waals surface area contributed by atoms with Gasteiger partial charge in [0.2, 0.25) is 0 Å². The molecule has 0 fully saturated rings. The van der Waals surface area contributed by atoms with Crippen LogP contribution >= 0.6 is 15.9 Å². The topological polar surface area (TPSA) is 43.8 Å². The van der Waals surface area contributed by atoms with E-state index in [0.29, 0.717) is 0 Å². The number of hydrogen-bond acceptors (Lipinski definition) is 2. The average molecular weight is 230 g/mol. The predicted octanol–water partition coefficient (Wildman–Crippen LogP) is 1.76. The van der Waals surface area contributed by atoms with Gasteiger partial charge in [-0.3, -0.25) is 4.68 Å². The lowest BCUT2D eigenvalue weighted by Crippen LogP contribution is -2.14.